The van der Waals surface area contributed by atoms with Gasteiger partial charge in [0, 0.05) is 19.3 Å². The SMILES string of the molecule is CCCCCCCCC/C=C\CCCCCCCCCC(=O)OC(COC(=O)CCCCCCCCCCCCCCCCCCC)COC(=O)CCCCCCCCCCCCCCCCCCCCCCCC. The molecule has 0 aliphatic heterocycles. The Morgan fingerprint density at radius 2 is 0.440 bits per heavy atom. The minimum absolute atomic E-state index is 0.0649. The van der Waals surface area contributed by atoms with Gasteiger partial charge in [-0.3, -0.25) is 14.4 Å². The maximum atomic E-state index is 12.9. The van der Waals surface area contributed by atoms with Crippen molar-refractivity contribution in [3.8, 4) is 0 Å². The summed E-state index contributed by atoms with van der Waals surface area (Å²) in [4.78, 5) is 38.4. The topological polar surface area (TPSA) is 78.9 Å². The largest absolute Gasteiger partial charge is 0.462 e. The van der Waals surface area contributed by atoms with Crippen LogP contribution in [0.4, 0.5) is 0 Å². The molecule has 0 bridgehead atoms. The van der Waals surface area contributed by atoms with E-state index in [1.54, 1.807) is 0 Å². The average Bonchev–Trinajstić information content (AvgIpc) is 3.41. The Bertz CT molecular complexity index is 1170. The molecule has 75 heavy (non-hydrogen) atoms. The first kappa shape index (κ1) is 73.2. The Kier molecular flexibility index (Phi) is 63.1. The van der Waals surface area contributed by atoms with Crippen LogP contribution in [0.3, 0.4) is 0 Å². The molecule has 0 saturated heterocycles. The number of unbranched alkanes of at least 4 members (excludes halogenated alkanes) is 51. The highest BCUT2D eigenvalue weighted by atomic mass is 16.6. The Morgan fingerprint density at radius 3 is 0.667 bits per heavy atom. The van der Waals surface area contributed by atoms with Gasteiger partial charge < -0.3 is 14.2 Å². The van der Waals surface area contributed by atoms with Crippen LogP contribution in [0.1, 0.15) is 393 Å². The first-order valence-electron chi connectivity index (χ1n) is 34.2. The molecule has 0 amide bonds. The second-order valence-electron chi connectivity index (χ2n) is 23.5. The van der Waals surface area contributed by atoms with Crippen molar-refractivity contribution < 1.29 is 28.6 Å². The number of ether oxygens (including phenoxy) is 3. The van der Waals surface area contributed by atoms with E-state index < -0.39 is 6.10 Å². The van der Waals surface area contributed by atoms with Crippen LogP contribution < -0.4 is 0 Å². The Balaban J connectivity index is 4.28. The third-order valence-electron chi connectivity index (χ3n) is 15.8. The summed E-state index contributed by atoms with van der Waals surface area (Å²) in [5.74, 6) is -0.834. The number of hydrogen-bond acceptors (Lipinski definition) is 6. The molecular formula is C69H132O6. The van der Waals surface area contributed by atoms with Crippen LogP contribution >= 0.6 is 0 Å². The summed E-state index contributed by atoms with van der Waals surface area (Å²) in [7, 11) is 0. The van der Waals surface area contributed by atoms with Crippen molar-refractivity contribution >= 4 is 17.9 Å². The summed E-state index contributed by atoms with van der Waals surface area (Å²) < 4.78 is 17.0. The molecule has 0 radical (unpaired) electrons. The van der Waals surface area contributed by atoms with Crippen LogP contribution in [0.25, 0.3) is 0 Å². The summed E-state index contributed by atoms with van der Waals surface area (Å²) in [6, 6.07) is 0. The highest BCUT2D eigenvalue weighted by molar-refractivity contribution is 5.71. The zero-order valence-electron chi connectivity index (χ0n) is 51.1. The maximum Gasteiger partial charge on any atom is 0.306 e. The molecular weight excluding hydrogens is 925 g/mol. The van der Waals surface area contributed by atoms with Gasteiger partial charge >= 0.3 is 17.9 Å². The third kappa shape index (κ3) is 62.9. The van der Waals surface area contributed by atoms with Gasteiger partial charge in [0.05, 0.1) is 0 Å². The molecule has 0 heterocycles. The molecule has 1 unspecified atom stereocenters. The lowest BCUT2D eigenvalue weighted by Crippen LogP contribution is -2.30. The minimum atomic E-state index is -0.768. The van der Waals surface area contributed by atoms with Gasteiger partial charge in [0.2, 0.25) is 0 Å². The third-order valence-corrected chi connectivity index (χ3v) is 15.8. The Morgan fingerprint density at radius 1 is 0.253 bits per heavy atom. The van der Waals surface area contributed by atoms with Crippen molar-refractivity contribution in [2.24, 2.45) is 0 Å². The van der Waals surface area contributed by atoms with Gasteiger partial charge in [-0.15, -0.1) is 0 Å². The van der Waals surface area contributed by atoms with E-state index in [-0.39, 0.29) is 31.1 Å². The van der Waals surface area contributed by atoms with Gasteiger partial charge in [0.25, 0.3) is 0 Å². The summed E-state index contributed by atoms with van der Waals surface area (Å²) in [5.41, 5.74) is 0. The molecule has 0 rings (SSSR count). The van der Waals surface area contributed by atoms with Crippen LogP contribution in [0.2, 0.25) is 0 Å². The first-order valence-corrected chi connectivity index (χ1v) is 34.2. The number of carbonyl (C=O) groups excluding carboxylic acids is 3. The molecule has 0 N–H and O–H groups in total. The minimum Gasteiger partial charge on any atom is -0.462 e. The summed E-state index contributed by atoms with van der Waals surface area (Å²) >= 11 is 0. The first-order chi connectivity index (χ1) is 37.0. The van der Waals surface area contributed by atoms with E-state index in [9.17, 15) is 14.4 Å². The predicted octanol–water partition coefficient (Wildman–Crippen LogP) is 23.2. The predicted molar refractivity (Wildman–Crippen MR) is 326 cm³/mol. The normalized spacial score (nSPS) is 12.0. The number of esters is 3. The number of carbonyl (C=O) groups is 3. The van der Waals surface area contributed by atoms with Gasteiger partial charge in [0.1, 0.15) is 13.2 Å². The zero-order chi connectivity index (χ0) is 54.3. The molecule has 0 aromatic heterocycles. The van der Waals surface area contributed by atoms with Crippen molar-refractivity contribution in [3.63, 3.8) is 0 Å². The highest BCUT2D eigenvalue weighted by Gasteiger charge is 2.19. The summed E-state index contributed by atoms with van der Waals surface area (Å²) in [6.45, 7) is 6.73. The van der Waals surface area contributed by atoms with E-state index in [0.717, 1.165) is 57.8 Å². The molecule has 0 saturated carbocycles. The molecule has 6 nitrogen and oxygen atoms in total. The van der Waals surface area contributed by atoms with Crippen LogP contribution in [0.5, 0.6) is 0 Å². The van der Waals surface area contributed by atoms with E-state index in [4.69, 9.17) is 14.2 Å². The second-order valence-corrected chi connectivity index (χ2v) is 23.5. The molecule has 0 aromatic rings. The number of allylic oxidation sites excluding steroid dienone is 2. The number of hydrogen-bond donors (Lipinski definition) is 0. The van der Waals surface area contributed by atoms with E-state index in [1.807, 2.05) is 0 Å². The van der Waals surface area contributed by atoms with Crippen LogP contribution in [0, 0.1) is 0 Å². The Labute approximate surface area is 469 Å². The molecule has 0 spiro atoms. The number of rotatable bonds is 64. The van der Waals surface area contributed by atoms with Crippen molar-refractivity contribution in [1.29, 1.82) is 0 Å². The lowest BCUT2D eigenvalue weighted by Gasteiger charge is -2.18. The van der Waals surface area contributed by atoms with Crippen molar-refractivity contribution in [2.75, 3.05) is 13.2 Å². The van der Waals surface area contributed by atoms with E-state index in [1.165, 1.54) is 295 Å². The Hall–Kier alpha value is -1.85. The molecule has 0 aliphatic carbocycles. The van der Waals surface area contributed by atoms with Crippen molar-refractivity contribution in [2.45, 2.75) is 399 Å². The smallest absolute Gasteiger partial charge is 0.306 e. The fourth-order valence-electron chi connectivity index (χ4n) is 10.6. The van der Waals surface area contributed by atoms with Gasteiger partial charge in [-0.2, -0.15) is 0 Å². The van der Waals surface area contributed by atoms with Gasteiger partial charge in [-0.05, 0) is 44.9 Å². The highest BCUT2D eigenvalue weighted by Crippen LogP contribution is 2.19. The summed E-state index contributed by atoms with van der Waals surface area (Å²) in [6.07, 6.45) is 76.5. The molecule has 1 atom stereocenters. The molecule has 6 heteroatoms. The maximum absolute atomic E-state index is 12.9. The fraction of sp³-hybridized carbons (Fsp3) is 0.928. The lowest BCUT2D eigenvalue weighted by atomic mass is 10.0. The fourth-order valence-corrected chi connectivity index (χ4v) is 10.6. The van der Waals surface area contributed by atoms with Gasteiger partial charge in [-0.25, -0.2) is 0 Å². The van der Waals surface area contributed by atoms with Gasteiger partial charge in [0.15, 0.2) is 6.10 Å². The van der Waals surface area contributed by atoms with Gasteiger partial charge in [-0.1, -0.05) is 341 Å². The zero-order valence-corrected chi connectivity index (χ0v) is 51.1. The molecule has 444 valence electrons. The van der Waals surface area contributed by atoms with E-state index in [2.05, 4.69) is 32.9 Å². The average molecular weight is 1060 g/mol. The van der Waals surface area contributed by atoms with Crippen LogP contribution in [-0.4, -0.2) is 37.2 Å². The lowest BCUT2D eigenvalue weighted by molar-refractivity contribution is -0.167. The van der Waals surface area contributed by atoms with Crippen LogP contribution in [0.15, 0.2) is 12.2 Å². The summed E-state index contributed by atoms with van der Waals surface area (Å²) in [5, 5.41) is 0. The van der Waals surface area contributed by atoms with Crippen molar-refractivity contribution in [1.82, 2.24) is 0 Å². The molecule has 0 aliphatic rings. The second kappa shape index (κ2) is 64.7. The molecule has 0 aromatic carbocycles. The van der Waals surface area contributed by atoms with Crippen molar-refractivity contribution in [3.05, 3.63) is 12.2 Å². The quantitative estimate of drug-likeness (QED) is 0.0261. The van der Waals surface area contributed by atoms with E-state index >= 15 is 0 Å². The van der Waals surface area contributed by atoms with Crippen LogP contribution in [-0.2, 0) is 28.6 Å². The standard InChI is InChI=1S/C69H132O6/c1-4-7-10-13-16-19-22-25-28-31-33-34-35-36-39-41-44-47-50-53-56-59-62-68(71)74-65-66(64-73-67(70)61-58-55-52-49-46-43-40-37-30-27-24-21-18-15-12-9-6-3)75-69(72)63-60-57-54-51-48-45-42-38-32-29-26-23-20-17-14-11-8-5-2/h29,32,66H,4-28,30-31,33-65H2,1-3H3/b32-29-. The monoisotopic (exact) mass is 1060 g/mol. The van der Waals surface area contributed by atoms with E-state index in [0.29, 0.717) is 19.3 Å². The molecule has 0 fully saturated rings.